The number of carbonyl (C=O) groups excluding carboxylic acids is 3. The summed E-state index contributed by atoms with van der Waals surface area (Å²) in [5.74, 6) is -2.28. The van der Waals surface area contributed by atoms with Crippen LogP contribution < -0.4 is 4.74 Å². The molecule has 1 rings (SSSR count). The molecule has 0 saturated heterocycles. The molecule has 0 saturated carbocycles. The van der Waals surface area contributed by atoms with Crippen LogP contribution in [-0.2, 0) is 14.3 Å². The number of benzene rings is 1. The average Bonchev–Trinajstić information content (AvgIpc) is 2.38. The first kappa shape index (κ1) is 14.4. The monoisotopic (exact) mass is 264 g/mol. The molecule has 0 radical (unpaired) electrons. The summed E-state index contributed by atoms with van der Waals surface area (Å²) in [7, 11) is 0. The summed E-state index contributed by atoms with van der Waals surface area (Å²) >= 11 is 0. The third-order valence-electron chi connectivity index (χ3n) is 2.04. The van der Waals surface area contributed by atoms with Gasteiger partial charge in [0.05, 0.1) is 5.56 Å². The fourth-order valence-electron chi connectivity index (χ4n) is 1.14. The number of hydrogen-bond acceptors (Lipinski definition) is 6. The molecular formula is C13H12O6. The van der Waals surface area contributed by atoms with E-state index < -0.39 is 18.5 Å². The zero-order valence-corrected chi connectivity index (χ0v) is 10.2. The third-order valence-corrected chi connectivity index (χ3v) is 2.04. The molecule has 0 amide bonds. The van der Waals surface area contributed by atoms with Gasteiger partial charge >= 0.3 is 11.9 Å². The smallest absolute Gasteiger partial charge is 0.349 e. The van der Waals surface area contributed by atoms with Gasteiger partial charge < -0.3 is 14.6 Å². The van der Waals surface area contributed by atoms with Crippen molar-refractivity contribution in [1.29, 1.82) is 0 Å². The molecule has 0 atom stereocenters. The highest BCUT2D eigenvalue weighted by molar-refractivity contribution is 5.89. The van der Waals surface area contributed by atoms with Gasteiger partial charge in [-0.3, -0.25) is 4.79 Å². The van der Waals surface area contributed by atoms with E-state index in [0.717, 1.165) is 0 Å². The van der Waals surface area contributed by atoms with Gasteiger partial charge in [0.1, 0.15) is 0 Å². The van der Waals surface area contributed by atoms with Gasteiger partial charge in [0, 0.05) is 5.57 Å². The number of phenols is 1. The maximum absolute atomic E-state index is 11.4. The van der Waals surface area contributed by atoms with Gasteiger partial charge in [-0.2, -0.15) is 0 Å². The summed E-state index contributed by atoms with van der Waals surface area (Å²) in [6.07, 6.45) is 0.433. The number of hydrogen-bond donors (Lipinski definition) is 1. The Bertz CT molecular complexity index is 532. The molecule has 0 unspecified atom stereocenters. The second-order valence-electron chi connectivity index (χ2n) is 3.64. The Morgan fingerprint density at radius 2 is 2.11 bits per heavy atom. The van der Waals surface area contributed by atoms with Crippen LogP contribution in [0, 0.1) is 0 Å². The van der Waals surface area contributed by atoms with Crippen LogP contribution in [0.15, 0.2) is 30.4 Å². The Hall–Kier alpha value is -2.63. The normalized spacial score (nSPS) is 9.53. The Morgan fingerprint density at radius 3 is 2.68 bits per heavy atom. The van der Waals surface area contributed by atoms with Gasteiger partial charge in [-0.15, -0.1) is 0 Å². The fraction of sp³-hybridized carbons (Fsp3) is 0.154. The fourth-order valence-corrected chi connectivity index (χ4v) is 1.14. The number of esters is 2. The van der Waals surface area contributed by atoms with E-state index in [-0.39, 0.29) is 22.6 Å². The maximum atomic E-state index is 11.4. The van der Waals surface area contributed by atoms with Crippen molar-refractivity contribution in [2.24, 2.45) is 0 Å². The molecule has 1 aromatic carbocycles. The summed E-state index contributed by atoms with van der Waals surface area (Å²) in [6, 6.07) is 4.06. The van der Waals surface area contributed by atoms with Gasteiger partial charge in [-0.05, 0) is 19.1 Å². The van der Waals surface area contributed by atoms with Crippen LogP contribution in [0.3, 0.4) is 0 Å². The minimum atomic E-state index is -0.917. The Kier molecular flexibility index (Phi) is 4.82. The first-order valence-electron chi connectivity index (χ1n) is 5.26. The molecule has 19 heavy (non-hydrogen) atoms. The molecule has 0 heterocycles. The second kappa shape index (κ2) is 6.34. The first-order valence-corrected chi connectivity index (χ1v) is 5.26. The van der Waals surface area contributed by atoms with E-state index in [1.54, 1.807) is 0 Å². The van der Waals surface area contributed by atoms with Crippen LogP contribution in [0.2, 0.25) is 0 Å². The molecule has 0 spiro atoms. The van der Waals surface area contributed by atoms with Gasteiger partial charge in [0.25, 0.3) is 0 Å². The molecular weight excluding hydrogens is 252 g/mol. The van der Waals surface area contributed by atoms with Crippen molar-refractivity contribution in [3.8, 4) is 11.5 Å². The molecule has 0 aliphatic heterocycles. The van der Waals surface area contributed by atoms with E-state index in [1.807, 2.05) is 0 Å². The van der Waals surface area contributed by atoms with Gasteiger partial charge in [0.2, 0.25) is 0 Å². The predicted octanol–water partition coefficient (Wildman–Crippen LogP) is 1.23. The first-order chi connectivity index (χ1) is 8.95. The summed E-state index contributed by atoms with van der Waals surface area (Å²) in [5.41, 5.74) is 0.156. The quantitative estimate of drug-likeness (QED) is 0.372. The topological polar surface area (TPSA) is 89.9 Å². The second-order valence-corrected chi connectivity index (χ2v) is 3.64. The molecule has 1 N–H and O–H groups in total. The maximum Gasteiger partial charge on any atom is 0.349 e. The molecule has 0 bridgehead atoms. The van der Waals surface area contributed by atoms with Gasteiger partial charge in [0.15, 0.2) is 24.4 Å². The Balaban J connectivity index is 2.70. The molecule has 6 nitrogen and oxygen atoms in total. The number of carbonyl (C=O) groups is 3. The lowest BCUT2D eigenvalue weighted by molar-refractivity contribution is -0.150. The van der Waals surface area contributed by atoms with Crippen LogP contribution in [-0.4, -0.2) is 29.9 Å². The van der Waals surface area contributed by atoms with E-state index in [2.05, 4.69) is 11.3 Å². The largest absolute Gasteiger partial charge is 0.504 e. The SMILES string of the molecule is C=C(C)C(=O)OCC(=O)Oc1c(O)cccc1C=O. The standard InChI is InChI=1S/C13H12O6/c1-8(2)13(17)18-7-11(16)19-12-9(6-14)4-3-5-10(12)15/h3-6,15H,1,7H2,2H3. The van der Waals surface area contributed by atoms with Crippen molar-refractivity contribution in [2.45, 2.75) is 6.92 Å². The van der Waals surface area contributed by atoms with Crippen molar-refractivity contribution in [3.05, 3.63) is 35.9 Å². The molecule has 100 valence electrons. The molecule has 6 heteroatoms. The van der Waals surface area contributed by atoms with Crippen LogP contribution in [0.25, 0.3) is 0 Å². The van der Waals surface area contributed by atoms with E-state index in [4.69, 9.17) is 4.74 Å². The highest BCUT2D eigenvalue weighted by Crippen LogP contribution is 2.28. The molecule has 0 aliphatic carbocycles. The van der Waals surface area contributed by atoms with Crippen molar-refractivity contribution in [2.75, 3.05) is 6.61 Å². The zero-order chi connectivity index (χ0) is 14.4. The molecule has 0 aliphatic rings. The lowest BCUT2D eigenvalue weighted by atomic mass is 10.2. The lowest BCUT2D eigenvalue weighted by Crippen LogP contribution is -2.19. The molecule has 1 aromatic rings. The van der Waals surface area contributed by atoms with Crippen molar-refractivity contribution in [1.82, 2.24) is 0 Å². The average molecular weight is 264 g/mol. The number of rotatable bonds is 5. The summed E-state index contributed by atoms with van der Waals surface area (Å²) in [4.78, 5) is 33.2. The van der Waals surface area contributed by atoms with Crippen molar-refractivity contribution >= 4 is 18.2 Å². The number of para-hydroxylation sites is 1. The summed E-state index contributed by atoms with van der Waals surface area (Å²) in [5, 5.41) is 9.48. The number of aromatic hydroxyl groups is 1. The number of aldehydes is 1. The number of ether oxygens (including phenoxy) is 2. The van der Waals surface area contributed by atoms with Crippen LogP contribution in [0.4, 0.5) is 0 Å². The molecule has 0 aromatic heterocycles. The van der Waals surface area contributed by atoms with Gasteiger partial charge in [-0.25, -0.2) is 9.59 Å². The van der Waals surface area contributed by atoms with E-state index in [9.17, 15) is 19.5 Å². The minimum absolute atomic E-state index is 0.0135. The lowest BCUT2D eigenvalue weighted by Gasteiger charge is -2.08. The summed E-state index contributed by atoms with van der Waals surface area (Å²) in [6.45, 7) is 4.14. The van der Waals surface area contributed by atoms with E-state index >= 15 is 0 Å². The highest BCUT2D eigenvalue weighted by Gasteiger charge is 2.15. The Labute approximate surface area is 109 Å². The van der Waals surface area contributed by atoms with Crippen molar-refractivity contribution in [3.63, 3.8) is 0 Å². The zero-order valence-electron chi connectivity index (χ0n) is 10.2. The van der Waals surface area contributed by atoms with Crippen LogP contribution in [0.5, 0.6) is 11.5 Å². The van der Waals surface area contributed by atoms with Crippen molar-refractivity contribution < 1.29 is 29.0 Å². The molecule has 0 fully saturated rings. The Morgan fingerprint density at radius 1 is 1.42 bits per heavy atom. The minimum Gasteiger partial charge on any atom is -0.504 e. The van der Waals surface area contributed by atoms with Crippen LogP contribution >= 0.6 is 0 Å². The summed E-state index contributed by atoms with van der Waals surface area (Å²) < 4.78 is 9.34. The highest BCUT2D eigenvalue weighted by atomic mass is 16.6. The number of phenolic OH excluding ortho intramolecular Hbond substituents is 1. The third kappa shape index (κ3) is 3.95. The van der Waals surface area contributed by atoms with E-state index in [0.29, 0.717) is 6.29 Å². The van der Waals surface area contributed by atoms with E-state index in [1.165, 1.54) is 25.1 Å². The predicted molar refractivity (Wildman–Crippen MR) is 64.9 cm³/mol. The van der Waals surface area contributed by atoms with Crippen LogP contribution in [0.1, 0.15) is 17.3 Å². The van der Waals surface area contributed by atoms with Gasteiger partial charge in [-0.1, -0.05) is 12.6 Å².